The number of nitrogens with zero attached hydrogens (tertiary/aromatic N) is 1. The second-order valence-corrected chi connectivity index (χ2v) is 5.95. The minimum Gasteiger partial charge on any atom is -0.373 e. The van der Waals surface area contributed by atoms with Crippen LogP contribution in [-0.2, 0) is 22.4 Å². The first-order chi connectivity index (χ1) is 9.78. The largest absolute Gasteiger partial charge is 0.373 e. The average Bonchev–Trinajstić information content (AvgIpc) is 2.53. The maximum atomic E-state index is 12.7. The molecule has 1 amide bonds. The quantitative estimate of drug-likeness (QED) is 0.783. The summed E-state index contributed by atoms with van der Waals surface area (Å²) in [6, 6.07) is 8.46. The zero-order valence-corrected chi connectivity index (χ0v) is 12.3. The van der Waals surface area contributed by atoms with Gasteiger partial charge in [-0.2, -0.15) is 0 Å². The molecule has 0 saturated carbocycles. The van der Waals surface area contributed by atoms with Crippen molar-refractivity contribution >= 4 is 17.5 Å². The molecule has 2 unspecified atom stereocenters. The first kappa shape index (κ1) is 13.9. The summed E-state index contributed by atoms with van der Waals surface area (Å²) in [5.74, 6) is 0.856. The summed E-state index contributed by atoms with van der Waals surface area (Å²) in [5.41, 5.74) is 2.73. The number of fused-ring (bicyclic) bond motifs is 1. The van der Waals surface area contributed by atoms with E-state index in [0.29, 0.717) is 25.6 Å². The molecule has 3 rings (SSSR count). The van der Waals surface area contributed by atoms with Gasteiger partial charge in [-0.15, -0.1) is 11.6 Å². The van der Waals surface area contributed by atoms with Gasteiger partial charge in [-0.1, -0.05) is 24.3 Å². The lowest BCUT2D eigenvalue weighted by Gasteiger charge is -2.35. The molecular formula is C16H20ClNO2. The van der Waals surface area contributed by atoms with Crippen LogP contribution in [0.1, 0.15) is 17.5 Å². The summed E-state index contributed by atoms with van der Waals surface area (Å²) in [5, 5.41) is 0. The molecule has 1 aliphatic heterocycles. The van der Waals surface area contributed by atoms with Gasteiger partial charge in [0.25, 0.3) is 0 Å². The number of ether oxygens (including phenoxy) is 1. The van der Waals surface area contributed by atoms with Crippen molar-refractivity contribution in [2.45, 2.75) is 25.4 Å². The molecule has 3 nitrogen and oxygen atoms in total. The fourth-order valence-corrected chi connectivity index (χ4v) is 3.37. The summed E-state index contributed by atoms with van der Waals surface area (Å²) in [6.45, 7) is 1.94. The van der Waals surface area contributed by atoms with E-state index in [9.17, 15) is 4.79 Å². The first-order valence-electron chi connectivity index (χ1n) is 7.31. The summed E-state index contributed by atoms with van der Waals surface area (Å²) in [6.07, 6.45) is 2.83. The molecule has 1 fully saturated rings. The second-order valence-electron chi connectivity index (χ2n) is 5.64. The van der Waals surface area contributed by atoms with E-state index in [1.807, 2.05) is 4.90 Å². The fourth-order valence-electron chi connectivity index (χ4n) is 3.18. The van der Waals surface area contributed by atoms with Crippen molar-refractivity contribution in [3.8, 4) is 0 Å². The highest BCUT2D eigenvalue weighted by molar-refractivity contribution is 6.18. The highest BCUT2D eigenvalue weighted by atomic mass is 35.5. The molecule has 4 heteroatoms. The third kappa shape index (κ3) is 2.84. The van der Waals surface area contributed by atoms with Crippen LogP contribution >= 0.6 is 11.6 Å². The van der Waals surface area contributed by atoms with Crippen LogP contribution < -0.4 is 0 Å². The Morgan fingerprint density at radius 1 is 1.35 bits per heavy atom. The molecule has 0 radical (unpaired) electrons. The first-order valence-corrected chi connectivity index (χ1v) is 7.84. The normalized spacial score (nSPS) is 26.1. The van der Waals surface area contributed by atoms with Gasteiger partial charge in [-0.05, 0) is 30.4 Å². The Morgan fingerprint density at radius 3 is 2.95 bits per heavy atom. The predicted molar refractivity (Wildman–Crippen MR) is 79.0 cm³/mol. The fraction of sp³-hybridized carbons (Fsp3) is 0.562. The minimum atomic E-state index is -0.00903. The topological polar surface area (TPSA) is 29.5 Å². The molecular weight excluding hydrogens is 274 g/mol. The molecule has 0 N–H and O–H groups in total. The Balaban J connectivity index is 1.67. The summed E-state index contributed by atoms with van der Waals surface area (Å²) in [4.78, 5) is 14.6. The van der Waals surface area contributed by atoms with Crippen LogP contribution in [0.5, 0.6) is 0 Å². The third-order valence-electron chi connectivity index (χ3n) is 4.32. The van der Waals surface area contributed by atoms with Gasteiger partial charge < -0.3 is 9.64 Å². The van der Waals surface area contributed by atoms with E-state index < -0.39 is 0 Å². The van der Waals surface area contributed by atoms with Crippen LogP contribution in [0.15, 0.2) is 24.3 Å². The van der Waals surface area contributed by atoms with Crippen molar-refractivity contribution in [2.24, 2.45) is 5.92 Å². The molecule has 2 atom stereocenters. The van der Waals surface area contributed by atoms with Gasteiger partial charge in [-0.25, -0.2) is 0 Å². The molecule has 20 heavy (non-hydrogen) atoms. The number of benzene rings is 1. The van der Waals surface area contributed by atoms with Crippen molar-refractivity contribution in [2.75, 3.05) is 25.6 Å². The van der Waals surface area contributed by atoms with Crippen LogP contribution in [0.4, 0.5) is 0 Å². The Labute approximate surface area is 124 Å². The number of alkyl halides is 1. The Bertz CT molecular complexity index is 491. The van der Waals surface area contributed by atoms with E-state index in [0.717, 1.165) is 19.3 Å². The molecule has 0 aromatic heterocycles. The van der Waals surface area contributed by atoms with E-state index in [2.05, 4.69) is 24.3 Å². The van der Waals surface area contributed by atoms with E-state index in [4.69, 9.17) is 16.3 Å². The van der Waals surface area contributed by atoms with Crippen LogP contribution in [-0.4, -0.2) is 42.5 Å². The SMILES string of the molecule is O=C(C1CCc2ccccc2C1)N1CCOC(CCl)C1. The molecule has 0 spiro atoms. The van der Waals surface area contributed by atoms with Gasteiger partial charge in [0.2, 0.25) is 5.91 Å². The standard InChI is InChI=1S/C16H20ClNO2/c17-10-15-11-18(7-8-20-15)16(19)14-6-5-12-3-1-2-4-13(12)9-14/h1-4,14-15H,5-11H2. The van der Waals surface area contributed by atoms with Crippen LogP contribution in [0.3, 0.4) is 0 Å². The molecule has 1 aromatic rings. The Hall–Kier alpha value is -1.06. The Kier molecular flexibility index (Phi) is 4.27. The highest BCUT2D eigenvalue weighted by Gasteiger charge is 2.31. The van der Waals surface area contributed by atoms with Crippen molar-refractivity contribution in [1.82, 2.24) is 4.90 Å². The number of carbonyl (C=O) groups excluding carboxylic acids is 1. The van der Waals surface area contributed by atoms with Gasteiger partial charge in [0.15, 0.2) is 0 Å². The summed E-state index contributed by atoms with van der Waals surface area (Å²) >= 11 is 5.84. The van der Waals surface area contributed by atoms with Crippen molar-refractivity contribution in [1.29, 1.82) is 0 Å². The summed E-state index contributed by atoms with van der Waals surface area (Å²) in [7, 11) is 0. The van der Waals surface area contributed by atoms with Crippen LogP contribution in [0.2, 0.25) is 0 Å². The number of hydrogen-bond acceptors (Lipinski definition) is 2. The van der Waals surface area contributed by atoms with E-state index in [-0.39, 0.29) is 17.9 Å². The van der Waals surface area contributed by atoms with Gasteiger partial charge in [-0.3, -0.25) is 4.79 Å². The van der Waals surface area contributed by atoms with Crippen molar-refractivity contribution in [3.05, 3.63) is 35.4 Å². The number of aryl methyl sites for hydroxylation is 1. The monoisotopic (exact) mass is 293 g/mol. The smallest absolute Gasteiger partial charge is 0.226 e. The summed E-state index contributed by atoms with van der Waals surface area (Å²) < 4.78 is 5.53. The number of morpholine rings is 1. The molecule has 1 aliphatic carbocycles. The predicted octanol–water partition coefficient (Wildman–Crippen LogP) is 2.26. The van der Waals surface area contributed by atoms with Gasteiger partial charge >= 0.3 is 0 Å². The zero-order chi connectivity index (χ0) is 13.9. The van der Waals surface area contributed by atoms with Crippen molar-refractivity contribution < 1.29 is 9.53 Å². The molecule has 2 aliphatic rings. The zero-order valence-electron chi connectivity index (χ0n) is 11.6. The van der Waals surface area contributed by atoms with Crippen molar-refractivity contribution in [3.63, 3.8) is 0 Å². The number of amides is 1. The highest BCUT2D eigenvalue weighted by Crippen LogP contribution is 2.27. The van der Waals surface area contributed by atoms with Gasteiger partial charge in [0.05, 0.1) is 18.6 Å². The maximum Gasteiger partial charge on any atom is 0.226 e. The third-order valence-corrected chi connectivity index (χ3v) is 4.66. The molecule has 0 bridgehead atoms. The maximum absolute atomic E-state index is 12.7. The molecule has 1 saturated heterocycles. The van der Waals surface area contributed by atoms with Crippen LogP contribution in [0, 0.1) is 5.92 Å². The number of halogens is 1. The van der Waals surface area contributed by atoms with E-state index in [1.54, 1.807) is 0 Å². The van der Waals surface area contributed by atoms with Crippen LogP contribution in [0.25, 0.3) is 0 Å². The lowest BCUT2D eigenvalue weighted by molar-refractivity contribution is -0.142. The lowest BCUT2D eigenvalue weighted by atomic mass is 9.83. The Morgan fingerprint density at radius 2 is 2.15 bits per heavy atom. The second kappa shape index (κ2) is 6.15. The molecule has 1 aromatic carbocycles. The minimum absolute atomic E-state index is 0.00903. The molecule has 108 valence electrons. The van der Waals surface area contributed by atoms with Gasteiger partial charge in [0, 0.05) is 19.0 Å². The average molecular weight is 294 g/mol. The van der Waals surface area contributed by atoms with E-state index in [1.165, 1.54) is 11.1 Å². The number of hydrogen-bond donors (Lipinski definition) is 0. The van der Waals surface area contributed by atoms with E-state index >= 15 is 0 Å². The molecule has 1 heterocycles. The van der Waals surface area contributed by atoms with Gasteiger partial charge in [0.1, 0.15) is 0 Å². The number of rotatable bonds is 2. The number of carbonyl (C=O) groups is 1. The lowest BCUT2D eigenvalue weighted by Crippen LogP contribution is -2.49.